The number of amides is 1. The fourth-order valence-corrected chi connectivity index (χ4v) is 4.01. The number of rotatable bonds is 5. The number of carbonyl (C=O) groups is 1. The normalized spacial score (nSPS) is 25.8. The minimum absolute atomic E-state index is 0.166. The smallest absolute Gasteiger partial charge is 0.227 e. The first kappa shape index (κ1) is 17.5. The monoisotopic (exact) mass is 333 g/mol. The van der Waals surface area contributed by atoms with E-state index in [1.165, 1.54) is 12.8 Å². The van der Waals surface area contributed by atoms with Crippen molar-refractivity contribution in [1.29, 1.82) is 0 Å². The maximum absolute atomic E-state index is 12.5. The summed E-state index contributed by atoms with van der Waals surface area (Å²) in [6.07, 6.45) is 10.3. The molecule has 134 valence electrons. The van der Waals surface area contributed by atoms with Crippen LogP contribution in [0.15, 0.2) is 12.4 Å². The summed E-state index contributed by atoms with van der Waals surface area (Å²) in [6, 6.07) is 0. The van der Waals surface area contributed by atoms with Gasteiger partial charge in [-0.2, -0.15) is 5.10 Å². The third kappa shape index (κ3) is 4.59. The van der Waals surface area contributed by atoms with Crippen LogP contribution in [0.25, 0.3) is 0 Å². The highest BCUT2D eigenvalue weighted by atomic mass is 16.5. The van der Waals surface area contributed by atoms with Crippen molar-refractivity contribution >= 4 is 11.6 Å². The maximum atomic E-state index is 12.5. The molecular formula is C19H31N3O2. The highest BCUT2D eigenvalue weighted by Crippen LogP contribution is 2.33. The third-order valence-electron chi connectivity index (χ3n) is 5.77. The molecule has 0 spiro atoms. The molecule has 1 aliphatic heterocycles. The van der Waals surface area contributed by atoms with Crippen LogP contribution >= 0.6 is 0 Å². The summed E-state index contributed by atoms with van der Waals surface area (Å²) in [5.41, 5.74) is 0.832. The van der Waals surface area contributed by atoms with Crippen LogP contribution in [0.2, 0.25) is 0 Å². The van der Waals surface area contributed by atoms with E-state index in [1.807, 2.05) is 10.9 Å². The molecule has 1 aliphatic carbocycles. The molecule has 0 unspecified atom stereocenters. The van der Waals surface area contributed by atoms with Crippen LogP contribution in [-0.2, 0) is 16.1 Å². The van der Waals surface area contributed by atoms with Gasteiger partial charge >= 0.3 is 0 Å². The Morgan fingerprint density at radius 2 is 1.96 bits per heavy atom. The first-order chi connectivity index (χ1) is 11.6. The zero-order valence-corrected chi connectivity index (χ0v) is 15.0. The molecule has 2 fully saturated rings. The Labute approximate surface area is 145 Å². The van der Waals surface area contributed by atoms with E-state index in [1.54, 1.807) is 6.20 Å². The number of carbonyl (C=O) groups excluding carboxylic acids is 1. The van der Waals surface area contributed by atoms with Crippen molar-refractivity contribution in [2.45, 2.75) is 58.9 Å². The highest BCUT2D eigenvalue weighted by Gasteiger charge is 2.27. The van der Waals surface area contributed by atoms with Gasteiger partial charge in [0.05, 0.1) is 11.9 Å². The Bertz CT molecular complexity index is 526. The Hall–Kier alpha value is -1.36. The number of hydrogen-bond acceptors (Lipinski definition) is 3. The van der Waals surface area contributed by atoms with E-state index < -0.39 is 0 Å². The minimum Gasteiger partial charge on any atom is -0.381 e. The average Bonchev–Trinajstić information content (AvgIpc) is 3.02. The van der Waals surface area contributed by atoms with E-state index in [4.69, 9.17) is 4.74 Å². The van der Waals surface area contributed by atoms with Crippen molar-refractivity contribution < 1.29 is 9.53 Å². The summed E-state index contributed by atoms with van der Waals surface area (Å²) in [6.45, 7) is 7.21. The second kappa shape index (κ2) is 8.15. The number of ether oxygens (including phenoxy) is 1. The molecule has 2 heterocycles. The zero-order chi connectivity index (χ0) is 16.9. The van der Waals surface area contributed by atoms with E-state index in [0.29, 0.717) is 5.92 Å². The van der Waals surface area contributed by atoms with Crippen LogP contribution in [0, 0.1) is 23.7 Å². The van der Waals surface area contributed by atoms with Crippen molar-refractivity contribution in [2.24, 2.45) is 23.7 Å². The van der Waals surface area contributed by atoms with Crippen LogP contribution < -0.4 is 5.32 Å². The van der Waals surface area contributed by atoms with E-state index in [9.17, 15) is 4.79 Å². The largest absolute Gasteiger partial charge is 0.381 e. The number of nitrogens with zero attached hydrogens (tertiary/aromatic N) is 2. The molecule has 0 atom stereocenters. The van der Waals surface area contributed by atoms with Crippen molar-refractivity contribution in [1.82, 2.24) is 9.78 Å². The van der Waals surface area contributed by atoms with Gasteiger partial charge in [-0.05, 0) is 56.3 Å². The molecular weight excluding hydrogens is 302 g/mol. The molecule has 2 aliphatic rings. The van der Waals surface area contributed by atoms with E-state index in [-0.39, 0.29) is 11.8 Å². The van der Waals surface area contributed by atoms with Crippen LogP contribution in [0.1, 0.15) is 52.4 Å². The van der Waals surface area contributed by atoms with Gasteiger partial charge in [0.25, 0.3) is 0 Å². The lowest BCUT2D eigenvalue weighted by molar-refractivity contribution is -0.121. The van der Waals surface area contributed by atoms with Gasteiger partial charge in [0.15, 0.2) is 0 Å². The molecule has 0 bridgehead atoms. The predicted molar refractivity (Wildman–Crippen MR) is 94.7 cm³/mol. The Morgan fingerprint density at radius 3 is 2.62 bits per heavy atom. The molecule has 1 aromatic rings. The summed E-state index contributed by atoms with van der Waals surface area (Å²) in [7, 11) is 0. The van der Waals surface area contributed by atoms with Crippen LogP contribution in [-0.4, -0.2) is 28.9 Å². The first-order valence-corrected chi connectivity index (χ1v) is 9.53. The molecule has 0 aromatic carbocycles. The molecule has 1 amide bonds. The first-order valence-electron chi connectivity index (χ1n) is 9.53. The van der Waals surface area contributed by atoms with Gasteiger partial charge in [-0.3, -0.25) is 9.48 Å². The third-order valence-corrected chi connectivity index (χ3v) is 5.77. The van der Waals surface area contributed by atoms with Crippen molar-refractivity contribution in [3.05, 3.63) is 12.4 Å². The molecule has 1 N–H and O–H groups in total. The molecule has 3 rings (SSSR count). The standard InChI is InChI=1S/C19H31N3O2/c1-14(2)16-3-5-17(6-4-16)19(23)21-18-11-20-22(13-18)12-15-7-9-24-10-8-15/h11,13-17H,3-10,12H2,1-2H3,(H,21,23). The SMILES string of the molecule is CC(C)C1CCC(C(=O)Nc2cnn(CC3CCOCC3)c2)CC1. The lowest BCUT2D eigenvalue weighted by Crippen LogP contribution is -2.28. The van der Waals surface area contributed by atoms with E-state index in [2.05, 4.69) is 24.3 Å². The molecule has 1 saturated heterocycles. The summed E-state index contributed by atoms with van der Waals surface area (Å²) in [5, 5.41) is 7.47. The zero-order valence-electron chi connectivity index (χ0n) is 15.0. The summed E-state index contributed by atoms with van der Waals surface area (Å²) in [4.78, 5) is 12.5. The quantitative estimate of drug-likeness (QED) is 0.893. The molecule has 24 heavy (non-hydrogen) atoms. The van der Waals surface area contributed by atoms with Gasteiger partial charge in [0.2, 0.25) is 5.91 Å². The second-order valence-electron chi connectivity index (χ2n) is 7.85. The minimum atomic E-state index is 0.166. The molecule has 1 aromatic heterocycles. The molecule has 0 radical (unpaired) electrons. The summed E-state index contributed by atoms with van der Waals surface area (Å²) >= 11 is 0. The lowest BCUT2D eigenvalue weighted by Gasteiger charge is -2.30. The van der Waals surface area contributed by atoms with E-state index in [0.717, 1.165) is 63.0 Å². The van der Waals surface area contributed by atoms with Gasteiger partial charge < -0.3 is 10.1 Å². The van der Waals surface area contributed by atoms with Crippen molar-refractivity contribution in [2.75, 3.05) is 18.5 Å². The maximum Gasteiger partial charge on any atom is 0.227 e. The Kier molecular flexibility index (Phi) is 5.93. The van der Waals surface area contributed by atoms with Crippen LogP contribution in [0.3, 0.4) is 0 Å². The van der Waals surface area contributed by atoms with Gasteiger partial charge in [0.1, 0.15) is 0 Å². The Balaban J connectivity index is 1.46. The van der Waals surface area contributed by atoms with Gasteiger partial charge in [-0.1, -0.05) is 13.8 Å². The van der Waals surface area contributed by atoms with Crippen LogP contribution in [0.4, 0.5) is 5.69 Å². The fourth-order valence-electron chi connectivity index (χ4n) is 4.01. The summed E-state index contributed by atoms with van der Waals surface area (Å²) < 4.78 is 7.36. The average molecular weight is 333 g/mol. The van der Waals surface area contributed by atoms with Gasteiger partial charge in [-0.15, -0.1) is 0 Å². The van der Waals surface area contributed by atoms with Crippen molar-refractivity contribution in [3.63, 3.8) is 0 Å². The number of anilines is 1. The van der Waals surface area contributed by atoms with Crippen LogP contribution in [0.5, 0.6) is 0 Å². The van der Waals surface area contributed by atoms with Gasteiger partial charge in [-0.25, -0.2) is 0 Å². The lowest BCUT2D eigenvalue weighted by atomic mass is 9.77. The molecule has 5 heteroatoms. The topological polar surface area (TPSA) is 56.2 Å². The molecule has 5 nitrogen and oxygen atoms in total. The number of nitrogens with one attached hydrogen (secondary N) is 1. The fraction of sp³-hybridized carbons (Fsp3) is 0.789. The Morgan fingerprint density at radius 1 is 1.25 bits per heavy atom. The van der Waals surface area contributed by atoms with Crippen molar-refractivity contribution in [3.8, 4) is 0 Å². The highest BCUT2D eigenvalue weighted by molar-refractivity contribution is 5.92. The second-order valence-corrected chi connectivity index (χ2v) is 7.85. The summed E-state index contributed by atoms with van der Waals surface area (Å²) in [5.74, 6) is 2.49. The number of aromatic nitrogens is 2. The molecule has 1 saturated carbocycles. The van der Waals surface area contributed by atoms with Gasteiger partial charge in [0, 0.05) is 31.9 Å². The van der Waals surface area contributed by atoms with E-state index >= 15 is 0 Å². The predicted octanol–water partition coefficient (Wildman–Crippen LogP) is 3.71. The number of hydrogen-bond donors (Lipinski definition) is 1.